The second-order valence-corrected chi connectivity index (χ2v) is 19.3. The van der Waals surface area contributed by atoms with E-state index in [9.17, 15) is 10.2 Å². The molecule has 0 bridgehead atoms. The number of aliphatic hydroxyl groups is 2. The maximum Gasteiger partial charge on any atom is 0.333 e. The summed E-state index contributed by atoms with van der Waals surface area (Å²) in [6.07, 6.45) is 47.4. The van der Waals surface area contributed by atoms with E-state index in [-0.39, 0.29) is 19.5 Å². The summed E-state index contributed by atoms with van der Waals surface area (Å²) in [5.41, 5.74) is 0. The van der Waals surface area contributed by atoms with E-state index in [0.717, 1.165) is 71.1 Å². The summed E-state index contributed by atoms with van der Waals surface area (Å²) in [4.78, 5) is 2.13. The molecule has 0 spiro atoms. The minimum absolute atomic E-state index is 0.146. The maximum atomic E-state index is 9.21. The van der Waals surface area contributed by atoms with Gasteiger partial charge in [0.1, 0.15) is 6.29 Å². The number of rotatable bonds is 44. The van der Waals surface area contributed by atoms with Crippen molar-refractivity contribution >= 4 is 8.56 Å². The first-order valence-corrected chi connectivity index (χ1v) is 26.0. The van der Waals surface area contributed by atoms with Gasteiger partial charge in [-0.05, 0) is 83.8 Å². The quantitative estimate of drug-likeness (QED) is 0.0278. The third kappa shape index (κ3) is 40.9. The fraction of sp³-hybridized carbons (Fsp3) is 0.913. The van der Waals surface area contributed by atoms with Crippen LogP contribution in [0.15, 0.2) is 24.3 Å². The molecular weight excluding hydrogens is 675 g/mol. The van der Waals surface area contributed by atoms with Crippen molar-refractivity contribution < 1.29 is 23.8 Å². The lowest BCUT2D eigenvalue weighted by Crippen LogP contribution is -2.40. The van der Waals surface area contributed by atoms with Crippen molar-refractivity contribution in [1.29, 1.82) is 0 Å². The van der Waals surface area contributed by atoms with Crippen molar-refractivity contribution in [2.45, 2.75) is 226 Å². The number of ether oxygens (including phenoxy) is 1. The third-order valence-electron chi connectivity index (χ3n) is 10.3. The summed E-state index contributed by atoms with van der Waals surface area (Å²) >= 11 is 0. The molecule has 0 radical (unpaired) electrons. The predicted octanol–water partition coefficient (Wildman–Crippen LogP) is 13.2. The second-order valence-electron chi connectivity index (χ2n) is 16.0. The molecule has 7 heteroatoms. The summed E-state index contributed by atoms with van der Waals surface area (Å²) in [5.74, 6) is 0. The molecule has 0 amide bonds. The highest BCUT2D eigenvalue weighted by Gasteiger charge is 2.29. The first kappa shape index (κ1) is 52.5. The molecule has 0 aromatic rings. The Balaban J connectivity index is 4.35. The van der Waals surface area contributed by atoms with Crippen LogP contribution in [0.4, 0.5) is 0 Å². The van der Waals surface area contributed by atoms with E-state index in [1.807, 2.05) is 0 Å². The van der Waals surface area contributed by atoms with E-state index in [4.69, 9.17) is 13.6 Å². The first-order chi connectivity index (χ1) is 26.0. The van der Waals surface area contributed by atoms with E-state index < -0.39 is 8.56 Å². The van der Waals surface area contributed by atoms with Crippen LogP contribution in [0.25, 0.3) is 0 Å². The number of nitrogens with zero attached hydrogens (tertiary/aromatic N) is 1. The standard InChI is InChI=1S/C46H93NO5Si/c1-5-7-9-11-13-15-17-19-21-22-24-26-28-30-34-38-46(50-44-36-32-29-27-25-23-20-18-16-14-12-10-8-6-2)52-53(3,4)51-45-37-33-31-35-39-47(40-42-48)41-43-49/h13,15,19,21,46,48-49H,5-12,14,16-18,20,22-45H2,1-4H3/b15-13-,21-19-. The molecule has 0 aliphatic carbocycles. The maximum absolute atomic E-state index is 9.21. The normalized spacial score (nSPS) is 13.0. The number of hydrogen-bond donors (Lipinski definition) is 2. The molecule has 0 heterocycles. The van der Waals surface area contributed by atoms with E-state index in [1.165, 1.54) is 141 Å². The van der Waals surface area contributed by atoms with Gasteiger partial charge < -0.3 is 23.8 Å². The Labute approximate surface area is 332 Å². The Bertz CT molecular complexity index is 758. The number of unbranched alkanes of at least 4 members (excludes halogenated alkanes) is 24. The Morgan fingerprint density at radius 1 is 0.491 bits per heavy atom. The van der Waals surface area contributed by atoms with Crippen LogP contribution in [0.3, 0.4) is 0 Å². The van der Waals surface area contributed by atoms with Gasteiger partial charge in [0.15, 0.2) is 0 Å². The van der Waals surface area contributed by atoms with Crippen LogP contribution in [-0.4, -0.2) is 76.0 Å². The van der Waals surface area contributed by atoms with Gasteiger partial charge in [-0.15, -0.1) is 0 Å². The van der Waals surface area contributed by atoms with Gasteiger partial charge >= 0.3 is 8.56 Å². The zero-order chi connectivity index (χ0) is 38.8. The summed E-state index contributed by atoms with van der Waals surface area (Å²) in [5, 5.41) is 18.4. The molecule has 0 rings (SSSR count). The molecule has 53 heavy (non-hydrogen) atoms. The molecule has 6 nitrogen and oxygen atoms in total. The first-order valence-electron chi connectivity index (χ1n) is 23.2. The van der Waals surface area contributed by atoms with Gasteiger partial charge in [-0.3, -0.25) is 4.90 Å². The van der Waals surface area contributed by atoms with Gasteiger partial charge in [-0.2, -0.15) is 0 Å². The molecule has 0 aliphatic rings. The fourth-order valence-electron chi connectivity index (χ4n) is 6.89. The second kappa shape index (κ2) is 42.6. The van der Waals surface area contributed by atoms with Crippen LogP contribution in [0, 0.1) is 0 Å². The summed E-state index contributed by atoms with van der Waals surface area (Å²) < 4.78 is 19.4. The van der Waals surface area contributed by atoms with E-state index in [0.29, 0.717) is 13.1 Å². The highest BCUT2D eigenvalue weighted by molar-refractivity contribution is 6.64. The van der Waals surface area contributed by atoms with Gasteiger partial charge in [0.05, 0.1) is 13.2 Å². The minimum Gasteiger partial charge on any atom is -0.395 e. The van der Waals surface area contributed by atoms with Gasteiger partial charge in [-0.1, -0.05) is 167 Å². The number of allylic oxidation sites excluding steroid dienone is 4. The molecule has 0 saturated carbocycles. The van der Waals surface area contributed by atoms with E-state index in [1.54, 1.807) is 0 Å². The van der Waals surface area contributed by atoms with Crippen molar-refractivity contribution in [3.8, 4) is 0 Å². The van der Waals surface area contributed by atoms with Crippen LogP contribution in [-0.2, 0) is 13.6 Å². The zero-order valence-electron chi connectivity index (χ0n) is 36.1. The summed E-state index contributed by atoms with van der Waals surface area (Å²) in [6, 6.07) is 0. The zero-order valence-corrected chi connectivity index (χ0v) is 37.1. The van der Waals surface area contributed by atoms with Crippen molar-refractivity contribution in [3.05, 3.63) is 24.3 Å². The average molecular weight is 768 g/mol. The Morgan fingerprint density at radius 2 is 0.925 bits per heavy atom. The average Bonchev–Trinajstić information content (AvgIpc) is 3.14. The third-order valence-corrected chi connectivity index (χ3v) is 12.0. The molecule has 0 saturated heterocycles. The minimum atomic E-state index is -2.29. The van der Waals surface area contributed by atoms with Crippen molar-refractivity contribution in [1.82, 2.24) is 4.90 Å². The molecule has 0 fully saturated rings. The van der Waals surface area contributed by atoms with Crippen molar-refractivity contribution in [3.63, 3.8) is 0 Å². The molecule has 2 N–H and O–H groups in total. The molecular formula is C46H93NO5Si. The van der Waals surface area contributed by atoms with Crippen molar-refractivity contribution in [2.24, 2.45) is 0 Å². The van der Waals surface area contributed by atoms with Crippen LogP contribution in [0.5, 0.6) is 0 Å². The highest BCUT2D eigenvalue weighted by Crippen LogP contribution is 2.19. The Morgan fingerprint density at radius 3 is 1.47 bits per heavy atom. The Hall–Kier alpha value is -0.543. The van der Waals surface area contributed by atoms with Crippen LogP contribution < -0.4 is 0 Å². The molecule has 0 aromatic heterocycles. The van der Waals surface area contributed by atoms with Crippen LogP contribution in [0.1, 0.15) is 206 Å². The molecule has 1 atom stereocenters. The van der Waals surface area contributed by atoms with E-state index >= 15 is 0 Å². The largest absolute Gasteiger partial charge is 0.395 e. The smallest absolute Gasteiger partial charge is 0.333 e. The molecule has 1 unspecified atom stereocenters. The lowest BCUT2D eigenvalue weighted by atomic mass is 10.0. The van der Waals surface area contributed by atoms with Crippen LogP contribution in [0.2, 0.25) is 13.1 Å². The molecule has 316 valence electrons. The van der Waals surface area contributed by atoms with Gasteiger partial charge in [0.2, 0.25) is 0 Å². The molecule has 0 aliphatic heterocycles. The van der Waals surface area contributed by atoms with Crippen LogP contribution >= 0.6 is 0 Å². The van der Waals surface area contributed by atoms with Crippen molar-refractivity contribution in [2.75, 3.05) is 46.1 Å². The summed E-state index contributed by atoms with van der Waals surface area (Å²) in [7, 11) is -2.29. The van der Waals surface area contributed by atoms with Gasteiger partial charge in [-0.25, -0.2) is 0 Å². The topological polar surface area (TPSA) is 71.4 Å². The lowest BCUT2D eigenvalue weighted by Gasteiger charge is -2.29. The van der Waals surface area contributed by atoms with Gasteiger partial charge in [0.25, 0.3) is 0 Å². The van der Waals surface area contributed by atoms with Gasteiger partial charge in [0, 0.05) is 26.3 Å². The highest BCUT2D eigenvalue weighted by atomic mass is 28.4. The number of aliphatic hydroxyl groups excluding tert-OH is 2. The monoisotopic (exact) mass is 768 g/mol. The SMILES string of the molecule is CCCCC/C=C\C/C=C\CCCCCCCC(OCCCCCCCCCCCCCCCC)O[Si](C)(C)OCCCCCCN(CCO)CCO. The van der Waals surface area contributed by atoms with E-state index in [2.05, 4.69) is 56.1 Å². The fourth-order valence-corrected chi connectivity index (χ4v) is 8.41. The lowest BCUT2D eigenvalue weighted by molar-refractivity contribution is -0.104. The summed E-state index contributed by atoms with van der Waals surface area (Å²) in [6.45, 7) is 12.9. The predicted molar refractivity (Wildman–Crippen MR) is 233 cm³/mol. The number of hydrogen-bond acceptors (Lipinski definition) is 6. The Kier molecular flexibility index (Phi) is 42.2. The molecule has 0 aromatic carbocycles.